The van der Waals surface area contributed by atoms with Gasteiger partial charge in [-0.15, -0.1) is 5.10 Å². The van der Waals surface area contributed by atoms with Crippen LogP contribution in [0.3, 0.4) is 0 Å². The van der Waals surface area contributed by atoms with Crippen molar-refractivity contribution in [2.75, 3.05) is 5.32 Å². The van der Waals surface area contributed by atoms with E-state index in [9.17, 15) is 4.79 Å². The van der Waals surface area contributed by atoms with Gasteiger partial charge in [0.2, 0.25) is 5.91 Å². The number of hydrogen-bond acceptors (Lipinski definition) is 5. The van der Waals surface area contributed by atoms with Crippen molar-refractivity contribution in [3.8, 4) is 5.69 Å². The number of nitrogens with zero attached hydrogens (tertiary/aromatic N) is 4. The Kier molecular flexibility index (Phi) is 3.42. The van der Waals surface area contributed by atoms with Crippen LogP contribution in [0.25, 0.3) is 5.69 Å². The molecule has 1 heterocycles. The summed E-state index contributed by atoms with van der Waals surface area (Å²) in [7, 11) is 0. The molecule has 1 aromatic carbocycles. The molecule has 7 nitrogen and oxygen atoms in total. The number of carbonyl (C=O) groups excluding carboxylic acids is 1. The van der Waals surface area contributed by atoms with Gasteiger partial charge in [0.15, 0.2) is 0 Å². The molecule has 1 amide bonds. The van der Waals surface area contributed by atoms with Crippen LogP contribution in [0.1, 0.15) is 31.2 Å². The second-order valence-electron chi connectivity index (χ2n) is 5.57. The Labute approximate surface area is 122 Å². The molecule has 7 heteroatoms. The van der Waals surface area contributed by atoms with Crippen molar-refractivity contribution < 1.29 is 4.79 Å². The molecule has 1 aliphatic carbocycles. The van der Waals surface area contributed by atoms with Gasteiger partial charge in [-0.25, -0.2) is 4.68 Å². The summed E-state index contributed by atoms with van der Waals surface area (Å²) >= 11 is 0. The molecule has 3 rings (SSSR count). The molecule has 1 aliphatic rings. The van der Waals surface area contributed by atoms with E-state index in [1.165, 1.54) is 6.33 Å². The maximum absolute atomic E-state index is 12.3. The van der Waals surface area contributed by atoms with Gasteiger partial charge < -0.3 is 11.1 Å². The van der Waals surface area contributed by atoms with Crippen molar-refractivity contribution in [1.29, 1.82) is 0 Å². The number of anilines is 1. The number of hydrogen-bond donors (Lipinski definition) is 2. The third-order valence-corrected chi connectivity index (χ3v) is 4.00. The van der Waals surface area contributed by atoms with Crippen molar-refractivity contribution in [3.63, 3.8) is 0 Å². The van der Waals surface area contributed by atoms with E-state index in [0.717, 1.165) is 42.6 Å². The highest BCUT2D eigenvalue weighted by atomic mass is 16.2. The summed E-state index contributed by atoms with van der Waals surface area (Å²) in [6.07, 6.45) is 5.07. The topological polar surface area (TPSA) is 98.7 Å². The maximum atomic E-state index is 12.3. The van der Waals surface area contributed by atoms with Crippen molar-refractivity contribution in [3.05, 3.63) is 30.1 Å². The molecule has 1 aromatic heterocycles. The van der Waals surface area contributed by atoms with E-state index in [1.807, 2.05) is 25.1 Å². The van der Waals surface area contributed by atoms with Crippen LogP contribution in [-0.2, 0) is 4.79 Å². The minimum Gasteiger partial charge on any atom is -0.324 e. The minimum absolute atomic E-state index is 0.102. The number of nitrogens with one attached hydrogen (secondary N) is 1. The fourth-order valence-corrected chi connectivity index (χ4v) is 2.75. The third-order valence-electron chi connectivity index (χ3n) is 4.00. The molecule has 110 valence electrons. The molecule has 0 atom stereocenters. The zero-order chi connectivity index (χ0) is 14.9. The van der Waals surface area contributed by atoms with Crippen LogP contribution >= 0.6 is 0 Å². The maximum Gasteiger partial charge on any atom is 0.244 e. The Morgan fingerprint density at radius 1 is 1.38 bits per heavy atom. The van der Waals surface area contributed by atoms with E-state index in [-0.39, 0.29) is 5.91 Å². The van der Waals surface area contributed by atoms with Crippen molar-refractivity contribution >= 4 is 11.6 Å². The monoisotopic (exact) mass is 286 g/mol. The van der Waals surface area contributed by atoms with E-state index in [0.29, 0.717) is 0 Å². The van der Waals surface area contributed by atoms with Gasteiger partial charge in [0, 0.05) is 5.69 Å². The Bertz CT molecular complexity index is 645. The Morgan fingerprint density at radius 3 is 2.76 bits per heavy atom. The van der Waals surface area contributed by atoms with Crippen molar-refractivity contribution in [1.82, 2.24) is 20.2 Å². The lowest BCUT2D eigenvalue weighted by atomic mass is 9.98. The fourth-order valence-electron chi connectivity index (χ4n) is 2.75. The molecule has 2 aromatic rings. The van der Waals surface area contributed by atoms with E-state index in [2.05, 4.69) is 20.8 Å². The summed E-state index contributed by atoms with van der Waals surface area (Å²) in [4.78, 5) is 12.3. The van der Waals surface area contributed by atoms with Crippen molar-refractivity contribution in [2.45, 2.75) is 38.1 Å². The molecule has 0 unspecified atom stereocenters. The quantitative estimate of drug-likeness (QED) is 0.882. The van der Waals surface area contributed by atoms with Gasteiger partial charge >= 0.3 is 0 Å². The summed E-state index contributed by atoms with van der Waals surface area (Å²) in [6, 6.07) is 5.60. The van der Waals surface area contributed by atoms with Gasteiger partial charge in [0.05, 0.1) is 11.2 Å². The normalized spacial score (nSPS) is 16.9. The first kappa shape index (κ1) is 13.7. The number of amides is 1. The SMILES string of the molecule is Cc1cc(NC(=O)C2(N)CCCC2)ccc1-n1cnnn1. The highest BCUT2D eigenvalue weighted by Gasteiger charge is 2.36. The molecular weight excluding hydrogens is 268 g/mol. The number of benzene rings is 1. The van der Waals surface area contributed by atoms with Crippen LogP contribution in [0, 0.1) is 6.92 Å². The number of rotatable bonds is 3. The summed E-state index contributed by atoms with van der Waals surface area (Å²) in [5, 5.41) is 14.0. The van der Waals surface area contributed by atoms with Crippen LogP contribution in [0.15, 0.2) is 24.5 Å². The molecule has 0 radical (unpaired) electrons. The van der Waals surface area contributed by atoms with Gasteiger partial charge in [0.1, 0.15) is 6.33 Å². The summed E-state index contributed by atoms with van der Waals surface area (Å²) in [5.41, 5.74) is 8.02. The first-order valence-electron chi connectivity index (χ1n) is 7.03. The Morgan fingerprint density at radius 2 is 2.14 bits per heavy atom. The zero-order valence-corrected chi connectivity index (χ0v) is 11.9. The molecule has 1 fully saturated rings. The summed E-state index contributed by atoms with van der Waals surface area (Å²) in [6.45, 7) is 1.94. The van der Waals surface area contributed by atoms with Gasteiger partial charge in [-0.05, 0) is 54.0 Å². The zero-order valence-electron chi connectivity index (χ0n) is 11.9. The van der Waals surface area contributed by atoms with Crippen LogP contribution in [0.5, 0.6) is 0 Å². The number of nitrogens with two attached hydrogens (primary N) is 1. The highest BCUT2D eigenvalue weighted by molar-refractivity contribution is 5.98. The lowest BCUT2D eigenvalue weighted by molar-refractivity contribution is -0.121. The summed E-state index contributed by atoms with van der Waals surface area (Å²) < 4.78 is 1.59. The van der Waals surface area contributed by atoms with Crippen LogP contribution < -0.4 is 11.1 Å². The smallest absolute Gasteiger partial charge is 0.244 e. The predicted molar refractivity (Wildman–Crippen MR) is 77.9 cm³/mol. The van der Waals surface area contributed by atoms with Gasteiger partial charge in [-0.3, -0.25) is 4.79 Å². The second kappa shape index (κ2) is 5.25. The first-order valence-corrected chi connectivity index (χ1v) is 7.03. The molecule has 0 spiro atoms. The van der Waals surface area contributed by atoms with E-state index in [1.54, 1.807) is 4.68 Å². The van der Waals surface area contributed by atoms with Gasteiger partial charge in [-0.2, -0.15) is 0 Å². The van der Waals surface area contributed by atoms with E-state index >= 15 is 0 Å². The number of tetrazole rings is 1. The van der Waals surface area contributed by atoms with Crippen LogP contribution in [-0.4, -0.2) is 31.7 Å². The lowest BCUT2D eigenvalue weighted by Crippen LogP contribution is -2.48. The van der Waals surface area contributed by atoms with Crippen molar-refractivity contribution in [2.24, 2.45) is 5.73 Å². The molecule has 0 aliphatic heterocycles. The Balaban J connectivity index is 1.78. The van der Waals surface area contributed by atoms with Gasteiger partial charge in [-0.1, -0.05) is 12.8 Å². The predicted octanol–water partition coefficient (Wildman–Crippen LogP) is 1.18. The highest BCUT2D eigenvalue weighted by Crippen LogP contribution is 2.28. The molecule has 0 bridgehead atoms. The van der Waals surface area contributed by atoms with E-state index in [4.69, 9.17) is 5.73 Å². The lowest BCUT2D eigenvalue weighted by Gasteiger charge is -2.22. The summed E-state index contributed by atoms with van der Waals surface area (Å²) in [5.74, 6) is -0.102. The van der Waals surface area contributed by atoms with Crippen LogP contribution in [0.4, 0.5) is 5.69 Å². The first-order chi connectivity index (χ1) is 10.1. The molecular formula is C14H18N6O. The largest absolute Gasteiger partial charge is 0.324 e. The van der Waals surface area contributed by atoms with Crippen LogP contribution in [0.2, 0.25) is 0 Å². The number of carbonyl (C=O) groups is 1. The second-order valence-corrected chi connectivity index (χ2v) is 5.57. The third kappa shape index (κ3) is 2.64. The average Bonchev–Trinajstić information content (AvgIpc) is 3.11. The molecule has 21 heavy (non-hydrogen) atoms. The minimum atomic E-state index is -0.720. The molecule has 0 saturated heterocycles. The van der Waals surface area contributed by atoms with E-state index < -0.39 is 5.54 Å². The fraction of sp³-hybridized carbons (Fsp3) is 0.429. The molecule has 1 saturated carbocycles. The van der Waals surface area contributed by atoms with Gasteiger partial charge in [0.25, 0.3) is 0 Å². The average molecular weight is 286 g/mol. The standard InChI is InChI=1S/C14H18N6O/c1-10-8-11(4-5-12(10)20-9-16-18-19-20)17-13(21)14(15)6-2-3-7-14/h4-5,8-9H,2-3,6-7,15H2,1H3,(H,17,21). The molecule has 3 N–H and O–H groups in total. The Hall–Kier alpha value is -2.28. The number of aryl methyl sites for hydroxylation is 1. The number of aromatic nitrogens is 4.